The lowest BCUT2D eigenvalue weighted by Crippen LogP contribution is -2.14. The van der Waals surface area contributed by atoms with Gasteiger partial charge in [0.05, 0.1) is 28.5 Å². The molecule has 0 fully saturated rings. The maximum atomic E-state index is 6.95. The summed E-state index contributed by atoms with van der Waals surface area (Å²) in [5.41, 5.74) is 11.8. The first kappa shape index (κ1) is 40.3. The molecule has 0 radical (unpaired) electrons. The zero-order valence-electron chi connectivity index (χ0n) is 38.6. The molecule has 71 heavy (non-hydrogen) atoms. The lowest BCUT2D eigenvalue weighted by atomic mass is 9.93. The smallest absolute Gasteiger partial charge is 0.155 e. The molecule has 15 rings (SSSR count). The monoisotopic (exact) mass is 925 g/mol. The number of amidine groups is 1. The molecule has 0 N–H and O–H groups in total. The normalized spacial score (nSPS) is 14.6. The predicted octanol–water partition coefficient (Wildman–Crippen LogP) is 18.3. The summed E-state index contributed by atoms with van der Waals surface area (Å²) in [7, 11) is 0. The van der Waals surface area contributed by atoms with Gasteiger partial charge in [0.1, 0.15) is 11.2 Å². The molecule has 14 aromatic rings. The lowest BCUT2D eigenvalue weighted by Gasteiger charge is -2.23. The minimum absolute atomic E-state index is 0.258. The van der Waals surface area contributed by atoms with Gasteiger partial charge in [-0.2, -0.15) is 0 Å². The van der Waals surface area contributed by atoms with Crippen molar-refractivity contribution in [2.24, 2.45) is 9.98 Å². The Hall–Kier alpha value is -8.64. The Balaban J connectivity index is 1.04. The van der Waals surface area contributed by atoms with Crippen LogP contribution in [0.25, 0.3) is 113 Å². The molecular formula is C66H43N3OS. The Labute approximate surface area is 413 Å². The third-order valence-electron chi connectivity index (χ3n) is 15.0. The Morgan fingerprint density at radius 1 is 0.451 bits per heavy atom. The molecule has 1 unspecified atom stereocenters. The van der Waals surface area contributed by atoms with Gasteiger partial charge in [-0.3, -0.25) is 4.99 Å². The fourth-order valence-corrected chi connectivity index (χ4v) is 12.9. The van der Waals surface area contributed by atoms with Gasteiger partial charge in [0.15, 0.2) is 5.84 Å². The molecule has 4 nitrogen and oxygen atoms in total. The van der Waals surface area contributed by atoms with Crippen molar-refractivity contribution in [3.05, 3.63) is 235 Å². The maximum absolute atomic E-state index is 6.95. The summed E-state index contributed by atoms with van der Waals surface area (Å²) in [5, 5.41) is 14.5. The van der Waals surface area contributed by atoms with E-state index in [-0.39, 0.29) is 6.04 Å². The largest absolute Gasteiger partial charge is 0.456 e. The number of furan rings is 1. The first-order valence-corrected chi connectivity index (χ1v) is 25.4. The molecule has 0 bridgehead atoms. The topological polar surface area (TPSA) is 42.8 Å². The highest BCUT2D eigenvalue weighted by Crippen LogP contribution is 2.45. The van der Waals surface area contributed by atoms with Gasteiger partial charge < -0.3 is 8.98 Å². The highest BCUT2D eigenvalue weighted by atomic mass is 32.1. The molecule has 0 spiro atoms. The van der Waals surface area contributed by atoms with Crippen molar-refractivity contribution in [1.82, 2.24) is 4.57 Å². The Bertz CT molecular complexity index is 4570. The van der Waals surface area contributed by atoms with Gasteiger partial charge in [0.25, 0.3) is 0 Å². The second kappa shape index (κ2) is 16.0. The van der Waals surface area contributed by atoms with Crippen molar-refractivity contribution in [2.75, 3.05) is 0 Å². The van der Waals surface area contributed by atoms with Gasteiger partial charge in [0.2, 0.25) is 0 Å². The van der Waals surface area contributed by atoms with Crippen LogP contribution in [-0.4, -0.2) is 16.1 Å². The molecular weight excluding hydrogens is 883 g/mol. The van der Waals surface area contributed by atoms with Gasteiger partial charge in [-0.15, -0.1) is 11.3 Å². The van der Waals surface area contributed by atoms with Crippen LogP contribution in [0, 0.1) is 0 Å². The van der Waals surface area contributed by atoms with E-state index >= 15 is 0 Å². The van der Waals surface area contributed by atoms with Crippen LogP contribution in [-0.2, 0) is 0 Å². The predicted molar refractivity (Wildman–Crippen MR) is 301 cm³/mol. The molecule has 1 aliphatic heterocycles. The second-order valence-corrected chi connectivity index (χ2v) is 20.1. The summed E-state index contributed by atoms with van der Waals surface area (Å²) in [6, 6.07) is 79.3. The minimum Gasteiger partial charge on any atom is -0.456 e. The van der Waals surface area contributed by atoms with Crippen molar-refractivity contribution >= 4 is 119 Å². The van der Waals surface area contributed by atoms with Gasteiger partial charge >= 0.3 is 0 Å². The first-order valence-electron chi connectivity index (χ1n) is 24.6. The highest BCUT2D eigenvalue weighted by Gasteiger charge is 2.27. The zero-order chi connectivity index (χ0) is 46.6. The number of aromatic nitrogens is 1. The fraction of sp³-hybridized carbons (Fsp3) is 0.0606. The van der Waals surface area contributed by atoms with E-state index in [2.05, 4.69) is 223 Å². The van der Waals surface area contributed by atoms with Gasteiger partial charge in [-0.25, -0.2) is 4.99 Å². The third-order valence-corrected chi connectivity index (χ3v) is 16.1. The van der Waals surface area contributed by atoms with Crippen LogP contribution < -0.4 is 0 Å². The molecule has 1 atom stereocenters. The Kier molecular flexibility index (Phi) is 9.05. The standard InChI is InChI=1S/C66H43N3OS/c1-2-15-40(16-3-1)43-21-12-22-46(35-43)66-67-54(49-26-13-30-62-65(49)50-25-10-11-29-61(50)71-62)27-14-28-55(68-66)51-39-60-53(64-48-24-9-7-18-42(48)32-34-59(64)70-60)38-58(51)69-56-33-31-41-17-6-8-23-47(41)63(56)52-36-44-19-4-5-20-45(44)37-57(52)69/h1-13,15-26,29-39,55H,14,27-28H2. The van der Waals surface area contributed by atoms with Crippen LogP contribution in [0.1, 0.15) is 42.0 Å². The number of rotatable bonds is 5. The van der Waals surface area contributed by atoms with Gasteiger partial charge in [0, 0.05) is 58.4 Å². The summed E-state index contributed by atoms with van der Waals surface area (Å²) in [6.45, 7) is 0. The third kappa shape index (κ3) is 6.43. The van der Waals surface area contributed by atoms with E-state index in [1.165, 1.54) is 68.8 Å². The summed E-state index contributed by atoms with van der Waals surface area (Å²) in [5.74, 6) is 0.736. The fourth-order valence-electron chi connectivity index (χ4n) is 11.7. The van der Waals surface area contributed by atoms with E-state index in [0.29, 0.717) is 0 Å². The van der Waals surface area contributed by atoms with Crippen LogP contribution in [0.15, 0.2) is 233 Å². The number of fused-ring (bicyclic) bond motifs is 14. The molecule has 0 aliphatic carbocycles. The highest BCUT2D eigenvalue weighted by molar-refractivity contribution is 7.25. The quantitative estimate of drug-likeness (QED) is 0.170. The zero-order valence-corrected chi connectivity index (χ0v) is 39.5. The van der Waals surface area contributed by atoms with Crippen molar-refractivity contribution in [3.8, 4) is 16.8 Å². The number of hydrogen-bond donors (Lipinski definition) is 0. The Morgan fingerprint density at radius 2 is 1.13 bits per heavy atom. The molecule has 0 amide bonds. The molecule has 0 saturated carbocycles. The minimum atomic E-state index is -0.258. The Morgan fingerprint density at radius 3 is 1.97 bits per heavy atom. The summed E-state index contributed by atoms with van der Waals surface area (Å²) < 4.78 is 12.0. The number of hydrogen-bond acceptors (Lipinski definition) is 4. The van der Waals surface area contributed by atoms with Crippen LogP contribution in [0.2, 0.25) is 0 Å². The van der Waals surface area contributed by atoms with Gasteiger partial charge in [-0.05, 0) is 117 Å². The van der Waals surface area contributed by atoms with Crippen LogP contribution in [0.3, 0.4) is 0 Å². The average Bonchev–Trinajstić information content (AvgIpc) is 4.10. The molecule has 0 saturated heterocycles. The summed E-state index contributed by atoms with van der Waals surface area (Å²) >= 11 is 1.85. The number of aliphatic imine (C=N–C) groups is 2. The van der Waals surface area contributed by atoms with E-state index in [4.69, 9.17) is 14.4 Å². The number of thiophene rings is 1. The lowest BCUT2D eigenvalue weighted by molar-refractivity contribution is 0.617. The van der Waals surface area contributed by atoms with Gasteiger partial charge in [-0.1, -0.05) is 164 Å². The number of benzene rings is 11. The van der Waals surface area contributed by atoms with Crippen molar-refractivity contribution in [2.45, 2.75) is 25.3 Å². The van der Waals surface area contributed by atoms with E-state index in [0.717, 1.165) is 91.7 Å². The molecule has 1 aliphatic rings. The van der Waals surface area contributed by atoms with E-state index < -0.39 is 0 Å². The maximum Gasteiger partial charge on any atom is 0.155 e. The summed E-state index contributed by atoms with van der Waals surface area (Å²) in [6.07, 6.45) is 2.51. The van der Waals surface area contributed by atoms with Crippen LogP contribution in [0.4, 0.5) is 0 Å². The molecule has 3 aromatic heterocycles. The second-order valence-electron chi connectivity index (χ2n) is 19.0. The molecule has 4 heterocycles. The summed E-state index contributed by atoms with van der Waals surface area (Å²) in [4.78, 5) is 11.7. The average molecular weight is 926 g/mol. The van der Waals surface area contributed by atoms with Crippen molar-refractivity contribution in [3.63, 3.8) is 0 Å². The number of nitrogens with zero attached hydrogens (tertiary/aromatic N) is 3. The van der Waals surface area contributed by atoms with E-state index in [1.807, 2.05) is 11.3 Å². The van der Waals surface area contributed by atoms with E-state index in [9.17, 15) is 0 Å². The SMILES string of the molecule is c1ccc(-c2cccc(C3=NC(c4cc5oc6ccc7ccccc7c6c5cc4-n4c5cc6ccccc6cc5c5c6ccccc6ccc54)CCCC(c4cccc5sc6ccccc6c45)=N3)c2)cc1. The first-order chi connectivity index (χ1) is 35.2. The van der Waals surface area contributed by atoms with E-state index in [1.54, 1.807) is 0 Å². The molecule has 5 heteroatoms. The molecule has 334 valence electrons. The van der Waals surface area contributed by atoms with Crippen molar-refractivity contribution < 1.29 is 4.42 Å². The molecule has 11 aromatic carbocycles. The van der Waals surface area contributed by atoms with Crippen LogP contribution in [0.5, 0.6) is 0 Å². The van der Waals surface area contributed by atoms with Crippen molar-refractivity contribution in [1.29, 1.82) is 0 Å². The van der Waals surface area contributed by atoms with Crippen LogP contribution >= 0.6 is 11.3 Å².